The molecule has 0 spiro atoms. The van der Waals surface area contributed by atoms with E-state index >= 15 is 4.39 Å². The summed E-state index contributed by atoms with van der Waals surface area (Å²) in [5.41, 5.74) is -2.55. The Balaban J connectivity index is 1.75. The summed E-state index contributed by atoms with van der Waals surface area (Å²) in [5, 5.41) is 20.2. The maximum Gasteiger partial charge on any atom is 0.329 e. The van der Waals surface area contributed by atoms with Crippen molar-refractivity contribution in [3.8, 4) is 0 Å². The zero-order valence-corrected chi connectivity index (χ0v) is 17.4. The van der Waals surface area contributed by atoms with Crippen molar-refractivity contribution in [1.82, 2.24) is 9.55 Å². The molecule has 4 unspecified atom stereocenters. The average molecular weight is 451 g/mol. The van der Waals surface area contributed by atoms with Crippen molar-refractivity contribution in [2.24, 2.45) is 11.8 Å². The number of aliphatic hydroxyl groups excluding tert-OH is 2. The first kappa shape index (κ1) is 21.3. The van der Waals surface area contributed by atoms with Crippen LogP contribution in [0.15, 0.2) is 21.7 Å². The van der Waals surface area contributed by atoms with E-state index in [4.69, 9.17) is 0 Å². The number of aromatic amines is 1. The molecular formula is C22H24F3N3O4. The number of H-pyrrole nitrogens is 1. The maximum atomic E-state index is 15.6. The van der Waals surface area contributed by atoms with E-state index in [9.17, 15) is 28.6 Å². The van der Waals surface area contributed by atoms with Gasteiger partial charge in [-0.05, 0) is 26.2 Å². The van der Waals surface area contributed by atoms with E-state index in [1.165, 1.54) is 11.5 Å². The monoisotopic (exact) mass is 451 g/mol. The SMILES string of the molecule is Cc1c(N2CC3C=CCC(O)C(O)C3C2)c(F)c(C(F)F)c2c(=O)[nH]c(=O)n(C3CC3)c12. The molecule has 1 saturated carbocycles. The van der Waals surface area contributed by atoms with E-state index in [1.54, 1.807) is 11.0 Å². The molecule has 2 fully saturated rings. The van der Waals surface area contributed by atoms with Gasteiger partial charge in [-0.15, -0.1) is 0 Å². The van der Waals surface area contributed by atoms with Gasteiger partial charge in [-0.1, -0.05) is 12.2 Å². The van der Waals surface area contributed by atoms with E-state index in [2.05, 4.69) is 4.98 Å². The number of hydrogen-bond donors (Lipinski definition) is 3. The highest BCUT2D eigenvalue weighted by molar-refractivity contribution is 5.90. The topological polar surface area (TPSA) is 98.6 Å². The van der Waals surface area contributed by atoms with Gasteiger partial charge in [-0.2, -0.15) is 0 Å². The lowest BCUT2D eigenvalue weighted by Gasteiger charge is -2.27. The molecule has 1 aromatic heterocycles. The number of rotatable bonds is 3. The third-order valence-electron chi connectivity index (χ3n) is 7.02. The molecule has 2 heterocycles. The highest BCUT2D eigenvalue weighted by Crippen LogP contribution is 2.44. The Bertz CT molecular complexity index is 1230. The number of aromatic nitrogens is 2. The van der Waals surface area contributed by atoms with Crippen LogP contribution in [0.2, 0.25) is 0 Å². The Hall–Kier alpha value is -2.59. The van der Waals surface area contributed by atoms with Crippen LogP contribution in [0.3, 0.4) is 0 Å². The Morgan fingerprint density at radius 2 is 1.91 bits per heavy atom. The summed E-state index contributed by atoms with van der Waals surface area (Å²) in [7, 11) is 0. The molecule has 0 amide bonds. The van der Waals surface area contributed by atoms with Crippen molar-refractivity contribution in [3.63, 3.8) is 0 Å². The molecule has 10 heteroatoms. The zero-order valence-electron chi connectivity index (χ0n) is 17.4. The van der Waals surface area contributed by atoms with Gasteiger partial charge in [0.25, 0.3) is 12.0 Å². The first-order valence-electron chi connectivity index (χ1n) is 10.8. The molecule has 1 aliphatic heterocycles. The van der Waals surface area contributed by atoms with Crippen LogP contribution < -0.4 is 16.1 Å². The van der Waals surface area contributed by atoms with Crippen molar-refractivity contribution < 1.29 is 23.4 Å². The van der Waals surface area contributed by atoms with Crippen LogP contribution in [0.4, 0.5) is 18.9 Å². The van der Waals surface area contributed by atoms with Crippen LogP contribution >= 0.6 is 0 Å². The summed E-state index contributed by atoms with van der Waals surface area (Å²) in [4.78, 5) is 28.7. The molecule has 0 bridgehead atoms. The fourth-order valence-electron chi connectivity index (χ4n) is 5.36. The fraction of sp³-hybridized carbons (Fsp3) is 0.545. The van der Waals surface area contributed by atoms with Crippen molar-refractivity contribution in [2.75, 3.05) is 18.0 Å². The summed E-state index contributed by atoms with van der Waals surface area (Å²) >= 11 is 0. The number of hydrogen-bond acceptors (Lipinski definition) is 5. The van der Waals surface area contributed by atoms with Crippen LogP contribution in [0.1, 0.15) is 42.9 Å². The third kappa shape index (κ3) is 3.11. The summed E-state index contributed by atoms with van der Waals surface area (Å²) < 4.78 is 45.1. The Labute approximate surface area is 180 Å². The van der Waals surface area contributed by atoms with Gasteiger partial charge < -0.3 is 15.1 Å². The van der Waals surface area contributed by atoms with E-state index in [-0.39, 0.29) is 41.8 Å². The van der Waals surface area contributed by atoms with Gasteiger partial charge in [-0.3, -0.25) is 14.3 Å². The fourth-order valence-corrected chi connectivity index (χ4v) is 5.36. The number of halogens is 3. The molecule has 3 aliphatic rings. The molecule has 32 heavy (non-hydrogen) atoms. The number of anilines is 1. The molecular weight excluding hydrogens is 427 g/mol. The second-order valence-corrected chi connectivity index (χ2v) is 9.04. The van der Waals surface area contributed by atoms with Gasteiger partial charge in [0.05, 0.1) is 34.4 Å². The van der Waals surface area contributed by atoms with Crippen molar-refractivity contribution in [3.05, 3.63) is 49.9 Å². The van der Waals surface area contributed by atoms with Crippen molar-refractivity contribution in [1.29, 1.82) is 0 Å². The smallest absolute Gasteiger partial charge is 0.329 e. The van der Waals surface area contributed by atoms with Gasteiger partial charge in [-0.25, -0.2) is 18.0 Å². The maximum absolute atomic E-state index is 15.6. The minimum absolute atomic E-state index is 0.0381. The van der Waals surface area contributed by atoms with Crippen LogP contribution in [0.25, 0.3) is 10.9 Å². The quantitative estimate of drug-likeness (QED) is 0.622. The van der Waals surface area contributed by atoms with Crippen molar-refractivity contribution in [2.45, 2.75) is 50.9 Å². The molecule has 172 valence electrons. The Morgan fingerprint density at radius 1 is 1.19 bits per heavy atom. The molecule has 7 nitrogen and oxygen atoms in total. The molecule has 5 rings (SSSR count). The number of benzene rings is 1. The average Bonchev–Trinajstić information content (AvgIpc) is 3.49. The van der Waals surface area contributed by atoms with Crippen LogP contribution in [-0.4, -0.2) is 45.1 Å². The molecule has 2 aromatic rings. The predicted molar refractivity (Wildman–Crippen MR) is 112 cm³/mol. The molecule has 0 radical (unpaired) electrons. The summed E-state index contributed by atoms with van der Waals surface area (Å²) in [6.07, 6.45) is 0.00892. The lowest BCUT2D eigenvalue weighted by Crippen LogP contribution is -2.36. The summed E-state index contributed by atoms with van der Waals surface area (Å²) in [6.45, 7) is 1.94. The number of aryl methyl sites for hydroxylation is 1. The number of alkyl halides is 2. The predicted octanol–water partition coefficient (Wildman–Crippen LogP) is 2.14. The van der Waals surface area contributed by atoms with Gasteiger partial charge in [0.2, 0.25) is 0 Å². The number of fused-ring (bicyclic) bond motifs is 2. The standard InChI is InChI=1S/C22H24F3N3O4/c1-9-17-15(21(31)26-22(32)28(17)11-5-6-11)14(20(24)25)16(23)18(9)27-7-10-3-2-4-13(29)19(30)12(10)8-27/h2-3,10-13,19-20,29-30H,4-8H2,1H3,(H,26,31,32). The molecule has 3 N–H and O–H groups in total. The van der Waals surface area contributed by atoms with E-state index < -0.39 is 52.6 Å². The largest absolute Gasteiger partial charge is 0.390 e. The minimum Gasteiger partial charge on any atom is -0.390 e. The first-order valence-corrected chi connectivity index (χ1v) is 10.8. The van der Waals surface area contributed by atoms with Crippen molar-refractivity contribution >= 4 is 16.6 Å². The second kappa shape index (κ2) is 7.48. The van der Waals surface area contributed by atoms with E-state index in [1.807, 2.05) is 6.08 Å². The van der Waals surface area contributed by atoms with E-state index in [0.29, 0.717) is 19.3 Å². The Kier molecular flexibility index (Phi) is 4.97. The second-order valence-electron chi connectivity index (χ2n) is 9.04. The van der Waals surface area contributed by atoms with Gasteiger partial charge in [0.15, 0.2) is 5.82 Å². The van der Waals surface area contributed by atoms with Gasteiger partial charge in [0, 0.05) is 36.5 Å². The van der Waals surface area contributed by atoms with Crippen LogP contribution in [0, 0.1) is 24.6 Å². The Morgan fingerprint density at radius 3 is 2.56 bits per heavy atom. The first-order chi connectivity index (χ1) is 15.2. The highest BCUT2D eigenvalue weighted by Gasteiger charge is 2.42. The number of nitrogens with zero attached hydrogens (tertiary/aromatic N) is 2. The van der Waals surface area contributed by atoms with Gasteiger partial charge >= 0.3 is 5.69 Å². The molecule has 2 aliphatic carbocycles. The molecule has 4 atom stereocenters. The number of aliphatic hydroxyl groups is 2. The minimum atomic E-state index is -3.26. The molecule has 1 aromatic carbocycles. The summed E-state index contributed by atoms with van der Waals surface area (Å²) in [6, 6.07) is -0.228. The molecule has 1 saturated heterocycles. The van der Waals surface area contributed by atoms with E-state index in [0.717, 1.165) is 0 Å². The van der Waals surface area contributed by atoms with Crippen LogP contribution in [0.5, 0.6) is 0 Å². The number of nitrogens with one attached hydrogen (secondary N) is 1. The lowest BCUT2D eigenvalue weighted by atomic mass is 9.90. The lowest BCUT2D eigenvalue weighted by molar-refractivity contribution is -0.0135. The normalized spacial score (nSPS) is 27.9. The zero-order chi connectivity index (χ0) is 22.9. The third-order valence-corrected chi connectivity index (χ3v) is 7.02. The summed E-state index contributed by atoms with van der Waals surface area (Å²) in [5.74, 6) is -1.79. The van der Waals surface area contributed by atoms with Gasteiger partial charge in [0.1, 0.15) is 0 Å². The van der Waals surface area contributed by atoms with Crippen LogP contribution in [-0.2, 0) is 0 Å². The highest BCUT2D eigenvalue weighted by atomic mass is 19.3.